The van der Waals surface area contributed by atoms with Gasteiger partial charge in [-0.25, -0.2) is 19.7 Å². The van der Waals surface area contributed by atoms with Crippen LogP contribution in [0.25, 0.3) is 0 Å². The van der Waals surface area contributed by atoms with Crippen molar-refractivity contribution in [1.29, 1.82) is 0 Å². The summed E-state index contributed by atoms with van der Waals surface area (Å²) in [4.78, 5) is 23.6. The highest BCUT2D eigenvalue weighted by molar-refractivity contribution is 7.98. The minimum Gasteiger partial charge on any atom is -0.477 e. The summed E-state index contributed by atoms with van der Waals surface area (Å²) in [5, 5.41) is 12.8. The minimum atomic E-state index is -1.04. The van der Waals surface area contributed by atoms with Gasteiger partial charge in [0.1, 0.15) is 11.4 Å². The number of carboxylic acid groups (broad SMARTS) is 1. The molecule has 0 aromatic carbocycles. The van der Waals surface area contributed by atoms with E-state index in [1.807, 2.05) is 24.7 Å². The van der Waals surface area contributed by atoms with Crippen molar-refractivity contribution in [3.8, 4) is 0 Å². The number of aromatic nitrogens is 4. The third-order valence-corrected chi connectivity index (χ3v) is 3.73. The first-order valence-corrected chi connectivity index (χ1v) is 7.62. The molecule has 2 N–H and O–H groups in total. The van der Waals surface area contributed by atoms with E-state index in [-0.39, 0.29) is 5.56 Å². The van der Waals surface area contributed by atoms with Crippen molar-refractivity contribution in [2.24, 2.45) is 0 Å². The lowest BCUT2D eigenvalue weighted by molar-refractivity contribution is 0.0697. The summed E-state index contributed by atoms with van der Waals surface area (Å²) in [7, 11) is 0. The molecule has 0 radical (unpaired) electrons. The fourth-order valence-electron chi connectivity index (χ4n) is 1.82. The number of aromatic carboxylic acids is 1. The number of carboxylic acids is 1. The number of nitrogens with one attached hydrogen (secondary N) is 1. The number of hydrogen-bond donors (Lipinski definition) is 2. The van der Waals surface area contributed by atoms with E-state index in [4.69, 9.17) is 5.11 Å². The SMILES string of the molecule is CSc1ncc(C(=O)O)c(NCCn2cnc(C)c2C)n1. The van der Waals surface area contributed by atoms with E-state index in [2.05, 4.69) is 20.3 Å². The van der Waals surface area contributed by atoms with Gasteiger partial charge < -0.3 is 15.0 Å². The summed E-state index contributed by atoms with van der Waals surface area (Å²) in [6.07, 6.45) is 4.95. The molecule has 0 unspecified atom stereocenters. The van der Waals surface area contributed by atoms with Crippen molar-refractivity contribution in [1.82, 2.24) is 19.5 Å². The van der Waals surface area contributed by atoms with Crippen molar-refractivity contribution in [3.63, 3.8) is 0 Å². The second-order valence-corrected chi connectivity index (χ2v) is 5.23. The lowest BCUT2D eigenvalue weighted by Gasteiger charge is -2.10. The highest BCUT2D eigenvalue weighted by Gasteiger charge is 2.13. The molecule has 0 aliphatic carbocycles. The summed E-state index contributed by atoms with van der Waals surface area (Å²) >= 11 is 1.37. The fourth-order valence-corrected chi connectivity index (χ4v) is 2.16. The van der Waals surface area contributed by atoms with Gasteiger partial charge in [-0.1, -0.05) is 11.8 Å². The molecule has 0 bridgehead atoms. The Morgan fingerprint density at radius 3 is 2.76 bits per heavy atom. The van der Waals surface area contributed by atoms with Crippen LogP contribution in [0.15, 0.2) is 17.7 Å². The smallest absolute Gasteiger partial charge is 0.341 e. The molecule has 112 valence electrons. The first-order valence-electron chi connectivity index (χ1n) is 6.39. The molecule has 0 saturated carbocycles. The Labute approximate surface area is 126 Å². The first kappa shape index (κ1) is 15.3. The Morgan fingerprint density at radius 2 is 2.19 bits per heavy atom. The standard InChI is InChI=1S/C13H17N5O2S/c1-8-9(2)18(7-16-8)5-4-14-11-10(12(19)20)6-15-13(17-11)21-3/h6-7H,4-5H2,1-3H3,(H,19,20)(H,14,15,17). The maximum atomic E-state index is 11.2. The molecule has 2 heterocycles. The molecule has 0 aliphatic heterocycles. The second-order valence-electron chi connectivity index (χ2n) is 4.46. The zero-order valence-electron chi connectivity index (χ0n) is 12.1. The highest BCUT2D eigenvalue weighted by Crippen LogP contribution is 2.16. The van der Waals surface area contributed by atoms with Crippen LogP contribution in [0.1, 0.15) is 21.7 Å². The van der Waals surface area contributed by atoms with Gasteiger partial charge in [-0.15, -0.1) is 0 Å². The monoisotopic (exact) mass is 307 g/mol. The van der Waals surface area contributed by atoms with Gasteiger partial charge in [0.15, 0.2) is 5.16 Å². The van der Waals surface area contributed by atoms with Crippen LogP contribution in [-0.2, 0) is 6.54 Å². The highest BCUT2D eigenvalue weighted by atomic mass is 32.2. The molecule has 0 spiro atoms. The van der Waals surface area contributed by atoms with E-state index in [9.17, 15) is 4.79 Å². The largest absolute Gasteiger partial charge is 0.477 e. The lowest BCUT2D eigenvalue weighted by Crippen LogP contribution is -2.15. The minimum absolute atomic E-state index is 0.0753. The van der Waals surface area contributed by atoms with Gasteiger partial charge in [0.25, 0.3) is 0 Å². The number of thioether (sulfide) groups is 1. The number of anilines is 1. The fraction of sp³-hybridized carbons (Fsp3) is 0.385. The number of imidazole rings is 1. The average Bonchev–Trinajstić information content (AvgIpc) is 2.79. The lowest BCUT2D eigenvalue weighted by atomic mass is 10.3. The second kappa shape index (κ2) is 6.57. The van der Waals surface area contributed by atoms with Crippen LogP contribution < -0.4 is 5.32 Å². The summed E-state index contributed by atoms with van der Waals surface area (Å²) in [5.74, 6) is -0.698. The molecule has 2 aromatic heterocycles. The van der Waals surface area contributed by atoms with Crippen molar-refractivity contribution in [2.75, 3.05) is 18.1 Å². The van der Waals surface area contributed by atoms with Gasteiger partial charge in [-0.3, -0.25) is 0 Å². The van der Waals surface area contributed by atoms with Gasteiger partial charge in [0, 0.05) is 25.0 Å². The van der Waals surface area contributed by atoms with E-state index in [1.54, 1.807) is 6.33 Å². The van der Waals surface area contributed by atoms with E-state index >= 15 is 0 Å². The van der Waals surface area contributed by atoms with Crippen LogP contribution in [0.2, 0.25) is 0 Å². The molecular weight excluding hydrogens is 290 g/mol. The van der Waals surface area contributed by atoms with Gasteiger partial charge >= 0.3 is 5.97 Å². The molecule has 2 aromatic rings. The molecule has 2 rings (SSSR count). The molecule has 0 fully saturated rings. The van der Waals surface area contributed by atoms with Crippen molar-refractivity contribution in [2.45, 2.75) is 25.5 Å². The topological polar surface area (TPSA) is 92.9 Å². The molecule has 7 nitrogen and oxygen atoms in total. The van der Waals surface area contributed by atoms with Gasteiger partial charge in [-0.05, 0) is 20.1 Å². The van der Waals surface area contributed by atoms with Crippen molar-refractivity contribution >= 4 is 23.5 Å². The van der Waals surface area contributed by atoms with Crippen LogP contribution in [0.3, 0.4) is 0 Å². The Kier molecular flexibility index (Phi) is 4.79. The number of hydrogen-bond acceptors (Lipinski definition) is 6. The summed E-state index contributed by atoms with van der Waals surface area (Å²) in [5.41, 5.74) is 2.17. The Morgan fingerprint density at radius 1 is 1.43 bits per heavy atom. The van der Waals surface area contributed by atoms with Crippen LogP contribution in [0.5, 0.6) is 0 Å². The molecule has 0 saturated heterocycles. The molecule has 21 heavy (non-hydrogen) atoms. The maximum absolute atomic E-state index is 11.2. The van der Waals surface area contributed by atoms with Crippen molar-refractivity contribution < 1.29 is 9.90 Å². The number of aryl methyl sites for hydroxylation is 1. The van der Waals surface area contributed by atoms with E-state index in [1.165, 1.54) is 18.0 Å². The van der Waals surface area contributed by atoms with E-state index in [0.29, 0.717) is 24.1 Å². The normalized spacial score (nSPS) is 10.6. The third kappa shape index (κ3) is 3.52. The molecule has 0 atom stereocenters. The van der Waals surface area contributed by atoms with E-state index in [0.717, 1.165) is 11.4 Å². The zero-order chi connectivity index (χ0) is 15.4. The van der Waals surface area contributed by atoms with Crippen molar-refractivity contribution in [3.05, 3.63) is 29.5 Å². The van der Waals surface area contributed by atoms with Crippen LogP contribution in [0.4, 0.5) is 5.82 Å². The molecule has 0 aliphatic rings. The predicted octanol–water partition coefficient (Wildman–Crippen LogP) is 1.82. The molecule has 8 heteroatoms. The van der Waals surface area contributed by atoms with E-state index < -0.39 is 5.97 Å². The van der Waals surface area contributed by atoms with Gasteiger partial charge in [0.2, 0.25) is 0 Å². The van der Waals surface area contributed by atoms with Crippen LogP contribution >= 0.6 is 11.8 Å². The van der Waals surface area contributed by atoms with Gasteiger partial charge in [-0.2, -0.15) is 0 Å². The predicted molar refractivity (Wildman–Crippen MR) is 81.0 cm³/mol. The Bertz CT molecular complexity index is 656. The Hall–Kier alpha value is -2.09. The summed E-state index contributed by atoms with van der Waals surface area (Å²) in [6.45, 7) is 5.20. The maximum Gasteiger partial charge on any atom is 0.341 e. The summed E-state index contributed by atoms with van der Waals surface area (Å²) in [6, 6.07) is 0. The molecule has 0 amide bonds. The third-order valence-electron chi connectivity index (χ3n) is 3.17. The zero-order valence-corrected chi connectivity index (χ0v) is 12.9. The van der Waals surface area contributed by atoms with Crippen LogP contribution in [0, 0.1) is 13.8 Å². The van der Waals surface area contributed by atoms with Crippen LogP contribution in [-0.4, -0.2) is 43.4 Å². The number of nitrogens with zero attached hydrogens (tertiary/aromatic N) is 4. The summed E-state index contributed by atoms with van der Waals surface area (Å²) < 4.78 is 2.01. The number of carbonyl (C=O) groups is 1. The quantitative estimate of drug-likeness (QED) is 0.621. The number of rotatable bonds is 6. The Balaban J connectivity index is 2.08. The average molecular weight is 307 g/mol. The first-order chi connectivity index (χ1) is 10.0. The van der Waals surface area contributed by atoms with Gasteiger partial charge in [0.05, 0.1) is 12.0 Å². The molecular formula is C13H17N5O2S.